The van der Waals surface area contributed by atoms with E-state index < -0.39 is 0 Å². The van der Waals surface area contributed by atoms with Gasteiger partial charge in [0.05, 0.1) is 16.4 Å². The molecule has 4 nitrogen and oxygen atoms in total. The van der Waals surface area contributed by atoms with Crippen LogP contribution in [0.1, 0.15) is 32.0 Å². The van der Waals surface area contributed by atoms with E-state index in [4.69, 9.17) is 0 Å². The summed E-state index contributed by atoms with van der Waals surface area (Å²) in [7, 11) is 0. The second-order valence-electron chi connectivity index (χ2n) is 5.66. The molecule has 0 saturated carbocycles. The van der Waals surface area contributed by atoms with Gasteiger partial charge in [-0.2, -0.15) is 5.10 Å². The lowest BCUT2D eigenvalue weighted by Crippen LogP contribution is -2.35. The van der Waals surface area contributed by atoms with E-state index in [-0.39, 0.29) is 5.54 Å². The Morgan fingerprint density at radius 2 is 2.05 bits per heavy atom. The third-order valence-corrected chi connectivity index (χ3v) is 3.12. The number of pyridine rings is 1. The zero-order valence-electron chi connectivity index (χ0n) is 11.7. The van der Waals surface area contributed by atoms with Gasteiger partial charge in [-0.25, -0.2) is 4.68 Å². The molecule has 2 rings (SSSR count). The largest absolute Gasteiger partial charge is 0.308 e. The van der Waals surface area contributed by atoms with Crippen LogP contribution >= 0.6 is 15.9 Å². The zero-order valence-corrected chi connectivity index (χ0v) is 13.3. The first-order valence-corrected chi connectivity index (χ1v) is 7.05. The van der Waals surface area contributed by atoms with Gasteiger partial charge in [0, 0.05) is 35.7 Å². The fourth-order valence-corrected chi connectivity index (χ4v) is 2.00. The summed E-state index contributed by atoms with van der Waals surface area (Å²) in [5, 5.41) is 7.83. The highest BCUT2D eigenvalue weighted by Gasteiger charge is 2.12. The van der Waals surface area contributed by atoms with Crippen LogP contribution in [-0.4, -0.2) is 20.3 Å². The normalized spacial score (nSPS) is 11.8. The highest BCUT2D eigenvalue weighted by molar-refractivity contribution is 9.10. The molecule has 0 bridgehead atoms. The number of nitrogens with zero attached hydrogens (tertiary/aromatic N) is 3. The molecule has 0 amide bonds. The quantitative estimate of drug-likeness (QED) is 0.943. The fourth-order valence-electron chi connectivity index (χ4n) is 1.72. The minimum Gasteiger partial charge on any atom is -0.308 e. The fraction of sp³-hybridized carbons (Fsp3) is 0.429. The molecule has 0 saturated heterocycles. The van der Waals surface area contributed by atoms with Crippen molar-refractivity contribution in [2.24, 2.45) is 0 Å². The molecule has 19 heavy (non-hydrogen) atoms. The van der Waals surface area contributed by atoms with Crippen molar-refractivity contribution in [1.82, 2.24) is 20.1 Å². The lowest BCUT2D eigenvalue weighted by molar-refractivity contribution is 0.423. The van der Waals surface area contributed by atoms with Gasteiger partial charge < -0.3 is 5.32 Å². The molecule has 102 valence electrons. The van der Waals surface area contributed by atoms with Crippen LogP contribution in [0.5, 0.6) is 0 Å². The van der Waals surface area contributed by atoms with Crippen LogP contribution in [0.3, 0.4) is 0 Å². The van der Waals surface area contributed by atoms with Crippen molar-refractivity contribution in [3.8, 4) is 5.69 Å². The Bertz CT molecular complexity index is 569. The summed E-state index contributed by atoms with van der Waals surface area (Å²) < 4.78 is 2.84. The van der Waals surface area contributed by atoms with Gasteiger partial charge in [-0.1, -0.05) is 0 Å². The summed E-state index contributed by atoms with van der Waals surface area (Å²) in [5.74, 6) is 0. The highest BCUT2D eigenvalue weighted by Crippen LogP contribution is 2.18. The van der Waals surface area contributed by atoms with Crippen molar-refractivity contribution in [3.05, 3.63) is 40.4 Å². The maximum absolute atomic E-state index is 4.38. The molecule has 2 heterocycles. The van der Waals surface area contributed by atoms with E-state index in [9.17, 15) is 0 Å². The second-order valence-corrected chi connectivity index (χ2v) is 6.58. The maximum Gasteiger partial charge on any atom is 0.0724 e. The minimum atomic E-state index is 0.0762. The molecule has 0 aliphatic rings. The van der Waals surface area contributed by atoms with Crippen LogP contribution in [0.15, 0.2) is 29.1 Å². The predicted molar refractivity (Wildman–Crippen MR) is 80.4 cm³/mol. The van der Waals surface area contributed by atoms with Crippen molar-refractivity contribution in [2.45, 2.75) is 39.8 Å². The number of halogens is 1. The van der Waals surface area contributed by atoms with Gasteiger partial charge in [0.1, 0.15) is 0 Å². The van der Waals surface area contributed by atoms with Crippen LogP contribution in [-0.2, 0) is 6.54 Å². The Hall–Kier alpha value is -1.20. The molecule has 0 aliphatic heterocycles. The van der Waals surface area contributed by atoms with E-state index >= 15 is 0 Å². The molecular weight excluding hydrogens is 304 g/mol. The van der Waals surface area contributed by atoms with Crippen molar-refractivity contribution >= 4 is 15.9 Å². The Morgan fingerprint density at radius 3 is 2.63 bits per heavy atom. The summed E-state index contributed by atoms with van der Waals surface area (Å²) in [6.45, 7) is 9.21. The van der Waals surface area contributed by atoms with Crippen molar-refractivity contribution in [1.29, 1.82) is 0 Å². The summed E-state index contributed by atoms with van der Waals surface area (Å²) in [6.07, 6.45) is 5.66. The molecular formula is C14H19BrN4. The SMILES string of the molecule is Cc1cc(-n2cc(Br)cn2)c(CNC(C)(C)C)cn1. The molecule has 0 unspecified atom stereocenters. The number of nitrogens with one attached hydrogen (secondary N) is 1. The first kappa shape index (κ1) is 14.2. The molecule has 2 aromatic rings. The summed E-state index contributed by atoms with van der Waals surface area (Å²) >= 11 is 3.43. The van der Waals surface area contributed by atoms with Gasteiger partial charge in [-0.05, 0) is 49.7 Å². The van der Waals surface area contributed by atoms with Crippen molar-refractivity contribution in [3.63, 3.8) is 0 Å². The van der Waals surface area contributed by atoms with Gasteiger partial charge in [0.25, 0.3) is 0 Å². The highest BCUT2D eigenvalue weighted by atomic mass is 79.9. The number of hydrogen-bond donors (Lipinski definition) is 1. The monoisotopic (exact) mass is 322 g/mol. The predicted octanol–water partition coefficient (Wildman–Crippen LogP) is 3.23. The lowest BCUT2D eigenvalue weighted by atomic mass is 10.1. The molecule has 1 N–H and O–H groups in total. The van der Waals surface area contributed by atoms with E-state index in [1.807, 2.05) is 24.0 Å². The molecule has 0 aromatic carbocycles. The number of aryl methyl sites for hydroxylation is 1. The first-order valence-electron chi connectivity index (χ1n) is 6.26. The Morgan fingerprint density at radius 1 is 1.32 bits per heavy atom. The molecule has 5 heteroatoms. The summed E-state index contributed by atoms with van der Waals surface area (Å²) in [5.41, 5.74) is 3.26. The maximum atomic E-state index is 4.38. The van der Waals surface area contributed by atoms with Gasteiger partial charge in [-0.3, -0.25) is 4.98 Å². The van der Waals surface area contributed by atoms with Crippen LogP contribution in [0.25, 0.3) is 5.69 Å². The molecule has 0 fully saturated rings. The van der Waals surface area contributed by atoms with Crippen LogP contribution < -0.4 is 5.32 Å². The summed E-state index contributed by atoms with van der Waals surface area (Å²) in [4.78, 5) is 4.38. The standard InChI is InChI=1S/C14H19BrN4/c1-10-5-13(19-9-12(15)8-18-19)11(6-16-10)7-17-14(2,3)4/h5-6,8-9,17H,7H2,1-4H3. The Kier molecular flexibility index (Phi) is 4.06. The van der Waals surface area contributed by atoms with E-state index in [1.54, 1.807) is 6.20 Å². The van der Waals surface area contributed by atoms with E-state index in [1.165, 1.54) is 0 Å². The minimum absolute atomic E-state index is 0.0762. The number of rotatable bonds is 3. The van der Waals surface area contributed by atoms with Gasteiger partial charge in [-0.15, -0.1) is 0 Å². The molecule has 0 radical (unpaired) electrons. The van der Waals surface area contributed by atoms with Gasteiger partial charge >= 0.3 is 0 Å². The number of hydrogen-bond acceptors (Lipinski definition) is 3. The van der Waals surface area contributed by atoms with Crippen LogP contribution in [0, 0.1) is 6.92 Å². The number of aromatic nitrogens is 3. The molecule has 0 spiro atoms. The third-order valence-electron chi connectivity index (χ3n) is 2.71. The van der Waals surface area contributed by atoms with Crippen LogP contribution in [0.4, 0.5) is 0 Å². The van der Waals surface area contributed by atoms with Crippen molar-refractivity contribution in [2.75, 3.05) is 0 Å². The molecule has 0 aliphatic carbocycles. The summed E-state index contributed by atoms with van der Waals surface area (Å²) in [6, 6.07) is 2.05. The molecule has 0 atom stereocenters. The topological polar surface area (TPSA) is 42.7 Å². The van der Waals surface area contributed by atoms with E-state index in [2.05, 4.69) is 58.2 Å². The second kappa shape index (κ2) is 5.43. The average Bonchev–Trinajstić information content (AvgIpc) is 2.73. The smallest absolute Gasteiger partial charge is 0.0724 e. The molecule has 2 aromatic heterocycles. The first-order chi connectivity index (χ1) is 8.85. The van der Waals surface area contributed by atoms with Gasteiger partial charge in [0.2, 0.25) is 0 Å². The third kappa shape index (κ3) is 3.88. The zero-order chi connectivity index (χ0) is 14.0. The van der Waals surface area contributed by atoms with Gasteiger partial charge in [0.15, 0.2) is 0 Å². The lowest BCUT2D eigenvalue weighted by Gasteiger charge is -2.21. The van der Waals surface area contributed by atoms with Crippen molar-refractivity contribution < 1.29 is 0 Å². The average molecular weight is 323 g/mol. The van der Waals surface area contributed by atoms with Crippen LogP contribution in [0.2, 0.25) is 0 Å². The van der Waals surface area contributed by atoms with E-state index in [0.717, 1.165) is 28.0 Å². The Balaban J connectivity index is 2.33. The van der Waals surface area contributed by atoms with E-state index in [0.29, 0.717) is 0 Å². The Labute approximate surface area is 122 Å².